The number of hydrogen-bond donors (Lipinski definition) is 0. The van der Waals surface area contributed by atoms with Crippen LogP contribution < -0.4 is 4.74 Å². The van der Waals surface area contributed by atoms with Gasteiger partial charge in [-0.3, -0.25) is 0 Å². The minimum absolute atomic E-state index is 0.602. The molecular formula is C15H15BrO. The monoisotopic (exact) mass is 290 g/mol. The van der Waals surface area contributed by atoms with Crippen molar-refractivity contribution in [3.05, 3.63) is 64.1 Å². The SMILES string of the molecule is CCc1ccc(OCc2cccc(Br)c2)cc1. The Morgan fingerprint density at radius 3 is 2.41 bits per heavy atom. The highest BCUT2D eigenvalue weighted by Crippen LogP contribution is 2.16. The van der Waals surface area contributed by atoms with E-state index in [2.05, 4.69) is 47.1 Å². The smallest absolute Gasteiger partial charge is 0.119 e. The number of rotatable bonds is 4. The first-order valence-electron chi connectivity index (χ1n) is 5.74. The molecule has 2 aromatic carbocycles. The lowest BCUT2D eigenvalue weighted by atomic mass is 10.2. The van der Waals surface area contributed by atoms with E-state index >= 15 is 0 Å². The Bertz CT molecular complexity index is 477. The van der Waals surface area contributed by atoms with Crippen LogP contribution in [0.5, 0.6) is 5.75 Å². The summed E-state index contributed by atoms with van der Waals surface area (Å²) in [6.45, 7) is 2.75. The average molecular weight is 291 g/mol. The molecule has 0 bridgehead atoms. The van der Waals surface area contributed by atoms with Gasteiger partial charge in [-0.15, -0.1) is 0 Å². The van der Waals surface area contributed by atoms with E-state index < -0.39 is 0 Å². The molecule has 0 atom stereocenters. The molecule has 2 heteroatoms. The van der Waals surface area contributed by atoms with Gasteiger partial charge in [-0.2, -0.15) is 0 Å². The summed E-state index contributed by atoms with van der Waals surface area (Å²) in [4.78, 5) is 0. The Balaban J connectivity index is 1.97. The summed E-state index contributed by atoms with van der Waals surface area (Å²) in [6.07, 6.45) is 1.06. The third-order valence-corrected chi connectivity index (χ3v) is 3.12. The van der Waals surface area contributed by atoms with Crippen LogP contribution in [0.15, 0.2) is 53.0 Å². The molecule has 0 fully saturated rings. The van der Waals surface area contributed by atoms with Crippen molar-refractivity contribution in [1.29, 1.82) is 0 Å². The first-order valence-corrected chi connectivity index (χ1v) is 6.53. The molecule has 0 aliphatic heterocycles. The lowest BCUT2D eigenvalue weighted by Crippen LogP contribution is -1.95. The molecule has 17 heavy (non-hydrogen) atoms. The fourth-order valence-electron chi connectivity index (χ4n) is 1.61. The van der Waals surface area contributed by atoms with E-state index in [0.717, 1.165) is 16.6 Å². The number of halogens is 1. The molecule has 88 valence electrons. The maximum absolute atomic E-state index is 5.73. The molecule has 0 spiro atoms. The Hall–Kier alpha value is -1.28. The van der Waals surface area contributed by atoms with Gasteiger partial charge in [0.05, 0.1) is 0 Å². The lowest BCUT2D eigenvalue weighted by Gasteiger charge is -2.07. The van der Waals surface area contributed by atoms with E-state index in [1.807, 2.05) is 24.3 Å². The summed E-state index contributed by atoms with van der Waals surface area (Å²) in [5.74, 6) is 0.919. The van der Waals surface area contributed by atoms with Crippen LogP contribution in [0.2, 0.25) is 0 Å². The molecular weight excluding hydrogens is 276 g/mol. The van der Waals surface area contributed by atoms with Crippen LogP contribution in [0, 0.1) is 0 Å². The van der Waals surface area contributed by atoms with Crippen molar-refractivity contribution < 1.29 is 4.74 Å². The molecule has 2 aromatic rings. The van der Waals surface area contributed by atoms with E-state index in [4.69, 9.17) is 4.74 Å². The van der Waals surface area contributed by atoms with Crippen LogP contribution in [0.3, 0.4) is 0 Å². The van der Waals surface area contributed by atoms with Gasteiger partial charge in [0.25, 0.3) is 0 Å². The van der Waals surface area contributed by atoms with Crippen molar-refractivity contribution in [3.63, 3.8) is 0 Å². The highest BCUT2D eigenvalue weighted by molar-refractivity contribution is 9.10. The molecule has 0 amide bonds. The second-order valence-electron chi connectivity index (χ2n) is 3.92. The molecule has 0 aromatic heterocycles. The fraction of sp³-hybridized carbons (Fsp3) is 0.200. The summed E-state index contributed by atoms with van der Waals surface area (Å²) < 4.78 is 6.81. The minimum atomic E-state index is 0.602. The minimum Gasteiger partial charge on any atom is -0.489 e. The summed E-state index contributed by atoms with van der Waals surface area (Å²) >= 11 is 3.45. The quantitative estimate of drug-likeness (QED) is 0.800. The van der Waals surface area contributed by atoms with Crippen molar-refractivity contribution in [3.8, 4) is 5.75 Å². The average Bonchev–Trinajstić information content (AvgIpc) is 2.37. The van der Waals surface area contributed by atoms with E-state index in [1.54, 1.807) is 0 Å². The largest absolute Gasteiger partial charge is 0.489 e. The molecule has 0 aliphatic rings. The summed E-state index contributed by atoms with van der Waals surface area (Å²) in [7, 11) is 0. The molecule has 2 rings (SSSR count). The summed E-state index contributed by atoms with van der Waals surface area (Å²) in [5, 5.41) is 0. The second-order valence-corrected chi connectivity index (χ2v) is 4.83. The van der Waals surface area contributed by atoms with Crippen molar-refractivity contribution in [1.82, 2.24) is 0 Å². The van der Waals surface area contributed by atoms with Crippen LogP contribution in [-0.2, 0) is 13.0 Å². The van der Waals surface area contributed by atoms with E-state index in [-0.39, 0.29) is 0 Å². The molecule has 0 radical (unpaired) electrons. The zero-order valence-corrected chi connectivity index (χ0v) is 11.4. The molecule has 1 nitrogen and oxygen atoms in total. The van der Waals surface area contributed by atoms with Gasteiger partial charge in [0, 0.05) is 4.47 Å². The van der Waals surface area contributed by atoms with Crippen molar-refractivity contribution >= 4 is 15.9 Å². The van der Waals surface area contributed by atoms with Crippen LogP contribution in [-0.4, -0.2) is 0 Å². The zero-order valence-electron chi connectivity index (χ0n) is 9.82. The topological polar surface area (TPSA) is 9.23 Å². The maximum atomic E-state index is 5.73. The van der Waals surface area contributed by atoms with E-state index in [9.17, 15) is 0 Å². The Morgan fingerprint density at radius 2 is 1.76 bits per heavy atom. The van der Waals surface area contributed by atoms with Gasteiger partial charge in [-0.05, 0) is 41.8 Å². The number of ether oxygens (including phenoxy) is 1. The van der Waals surface area contributed by atoms with Crippen LogP contribution in [0.25, 0.3) is 0 Å². The Kier molecular flexibility index (Phi) is 4.21. The molecule has 0 unspecified atom stereocenters. The third kappa shape index (κ3) is 3.60. The highest BCUT2D eigenvalue weighted by Gasteiger charge is 1.97. The highest BCUT2D eigenvalue weighted by atomic mass is 79.9. The van der Waals surface area contributed by atoms with Crippen molar-refractivity contribution in [2.24, 2.45) is 0 Å². The second kappa shape index (κ2) is 5.87. The predicted molar refractivity (Wildman–Crippen MR) is 74.3 cm³/mol. The van der Waals surface area contributed by atoms with Gasteiger partial charge in [0.2, 0.25) is 0 Å². The first kappa shape index (κ1) is 12.2. The van der Waals surface area contributed by atoms with Gasteiger partial charge < -0.3 is 4.74 Å². The molecule has 0 heterocycles. The normalized spacial score (nSPS) is 10.2. The Labute approximate surface area is 111 Å². The van der Waals surface area contributed by atoms with Crippen molar-refractivity contribution in [2.75, 3.05) is 0 Å². The van der Waals surface area contributed by atoms with Gasteiger partial charge in [0.15, 0.2) is 0 Å². The molecule has 0 saturated carbocycles. The van der Waals surface area contributed by atoms with Gasteiger partial charge in [-0.25, -0.2) is 0 Å². The van der Waals surface area contributed by atoms with Crippen LogP contribution in [0.4, 0.5) is 0 Å². The number of benzene rings is 2. The summed E-state index contributed by atoms with van der Waals surface area (Å²) in [6, 6.07) is 16.4. The Morgan fingerprint density at radius 1 is 1.00 bits per heavy atom. The van der Waals surface area contributed by atoms with Crippen LogP contribution in [0.1, 0.15) is 18.1 Å². The van der Waals surface area contributed by atoms with Crippen molar-refractivity contribution in [2.45, 2.75) is 20.0 Å². The predicted octanol–water partition coefficient (Wildman–Crippen LogP) is 4.59. The number of hydrogen-bond acceptors (Lipinski definition) is 1. The van der Waals surface area contributed by atoms with Gasteiger partial charge in [0.1, 0.15) is 12.4 Å². The van der Waals surface area contributed by atoms with E-state index in [0.29, 0.717) is 6.61 Å². The van der Waals surface area contributed by atoms with Crippen LogP contribution >= 0.6 is 15.9 Å². The third-order valence-electron chi connectivity index (χ3n) is 2.63. The van der Waals surface area contributed by atoms with Gasteiger partial charge >= 0.3 is 0 Å². The number of aryl methyl sites for hydroxylation is 1. The summed E-state index contributed by atoms with van der Waals surface area (Å²) in [5.41, 5.74) is 2.50. The fourth-order valence-corrected chi connectivity index (χ4v) is 2.06. The maximum Gasteiger partial charge on any atom is 0.119 e. The zero-order chi connectivity index (χ0) is 12.1. The molecule has 0 saturated heterocycles. The molecule has 0 N–H and O–H groups in total. The first-order chi connectivity index (χ1) is 8.28. The lowest BCUT2D eigenvalue weighted by molar-refractivity contribution is 0.306. The molecule has 0 aliphatic carbocycles. The van der Waals surface area contributed by atoms with Gasteiger partial charge in [-0.1, -0.05) is 47.1 Å². The standard InChI is InChI=1S/C15H15BrO/c1-2-12-6-8-15(9-7-12)17-11-13-4-3-5-14(16)10-13/h3-10H,2,11H2,1H3. The van der Waals surface area contributed by atoms with E-state index in [1.165, 1.54) is 11.1 Å².